The molecule has 0 N–H and O–H groups in total. The predicted molar refractivity (Wildman–Crippen MR) is 155 cm³/mol. The first-order valence-electron chi connectivity index (χ1n) is 12.8. The summed E-state index contributed by atoms with van der Waals surface area (Å²) in [5, 5.41) is 7.15. The number of halogens is 5. The number of ether oxygens (including phenoxy) is 1. The number of hydrogen-bond acceptors (Lipinski definition) is 10. The summed E-state index contributed by atoms with van der Waals surface area (Å²) in [4.78, 5) is 28.2. The van der Waals surface area contributed by atoms with Gasteiger partial charge >= 0.3 is 16.3 Å². The van der Waals surface area contributed by atoms with Crippen LogP contribution in [0.1, 0.15) is 53.1 Å². The molecule has 230 valence electrons. The van der Waals surface area contributed by atoms with E-state index in [0.717, 1.165) is 17.3 Å². The van der Waals surface area contributed by atoms with Gasteiger partial charge in [0.05, 0.1) is 27.5 Å². The number of piperidine rings is 1. The van der Waals surface area contributed by atoms with Gasteiger partial charge < -0.3 is 18.7 Å². The number of alkyl halides is 3. The molecule has 10 nitrogen and oxygen atoms in total. The molecule has 2 aromatic heterocycles. The Hall–Kier alpha value is -2.95. The van der Waals surface area contributed by atoms with Crippen molar-refractivity contribution in [2.45, 2.75) is 37.5 Å². The van der Waals surface area contributed by atoms with E-state index in [4.69, 9.17) is 30.3 Å². The van der Waals surface area contributed by atoms with Gasteiger partial charge in [0.15, 0.2) is 18.5 Å². The lowest BCUT2D eigenvalue weighted by atomic mass is 9.97. The molecular formula is C26H23BrClF3N4O6S2. The highest BCUT2D eigenvalue weighted by molar-refractivity contribution is 9.10. The Morgan fingerprint density at radius 2 is 2.02 bits per heavy atom. The number of aromatic nitrogens is 2. The van der Waals surface area contributed by atoms with E-state index in [-0.39, 0.29) is 21.2 Å². The first-order chi connectivity index (χ1) is 20.3. The molecule has 1 fully saturated rings. The molecule has 4 heterocycles. The summed E-state index contributed by atoms with van der Waals surface area (Å²) in [6.45, 7) is 0.222. The van der Waals surface area contributed by atoms with E-state index < -0.39 is 46.4 Å². The Morgan fingerprint density at radius 1 is 1.28 bits per heavy atom. The van der Waals surface area contributed by atoms with Crippen molar-refractivity contribution in [1.29, 1.82) is 0 Å². The van der Waals surface area contributed by atoms with E-state index in [9.17, 15) is 26.4 Å². The summed E-state index contributed by atoms with van der Waals surface area (Å²) < 4.78 is 73.7. The van der Waals surface area contributed by atoms with Gasteiger partial charge in [-0.25, -0.2) is 9.97 Å². The minimum atomic E-state index is -4.68. The summed E-state index contributed by atoms with van der Waals surface area (Å²) in [7, 11) is -3.79. The maximum atomic E-state index is 13.3. The van der Waals surface area contributed by atoms with Gasteiger partial charge in [-0.3, -0.25) is 4.79 Å². The molecule has 5 rings (SSSR count). The molecular weight excluding hydrogens is 701 g/mol. The van der Waals surface area contributed by atoms with Crippen LogP contribution in [0, 0.1) is 0 Å². The third kappa shape index (κ3) is 7.59. The second-order valence-corrected chi connectivity index (χ2v) is 13.6. The number of benzene rings is 1. The maximum absolute atomic E-state index is 13.3. The largest absolute Gasteiger partial charge is 0.467 e. The van der Waals surface area contributed by atoms with Crippen molar-refractivity contribution < 1.29 is 40.1 Å². The summed E-state index contributed by atoms with van der Waals surface area (Å²) in [6, 6.07) is 5.52. The molecule has 1 unspecified atom stereocenters. The lowest BCUT2D eigenvalue weighted by Gasteiger charge is -2.31. The number of amides is 1. The molecule has 0 saturated carbocycles. The van der Waals surface area contributed by atoms with Gasteiger partial charge in [0, 0.05) is 41.5 Å². The predicted octanol–water partition coefficient (Wildman–Crippen LogP) is 5.96. The van der Waals surface area contributed by atoms with Crippen molar-refractivity contribution in [2.24, 2.45) is 5.16 Å². The molecule has 1 aromatic carbocycles. The fourth-order valence-electron chi connectivity index (χ4n) is 4.70. The minimum absolute atomic E-state index is 0.0658. The maximum Gasteiger partial charge on any atom is 0.421 e. The molecule has 1 saturated heterocycles. The monoisotopic (exact) mass is 722 g/mol. The van der Waals surface area contributed by atoms with Crippen LogP contribution in [-0.2, 0) is 25.9 Å². The third-order valence-electron chi connectivity index (χ3n) is 6.71. The number of rotatable bonds is 8. The van der Waals surface area contributed by atoms with Crippen molar-refractivity contribution in [3.05, 3.63) is 67.2 Å². The minimum Gasteiger partial charge on any atom is -0.467 e. The smallest absolute Gasteiger partial charge is 0.421 e. The van der Waals surface area contributed by atoms with Crippen LogP contribution >= 0.6 is 38.9 Å². The van der Waals surface area contributed by atoms with Crippen molar-refractivity contribution in [3.8, 4) is 11.6 Å². The van der Waals surface area contributed by atoms with Crippen LogP contribution in [0.5, 0.6) is 11.6 Å². The topological polar surface area (TPSA) is 120 Å². The number of pyridine rings is 1. The highest BCUT2D eigenvalue weighted by Crippen LogP contribution is 2.41. The van der Waals surface area contributed by atoms with Crippen molar-refractivity contribution in [2.75, 3.05) is 26.0 Å². The second-order valence-electron chi connectivity index (χ2n) is 9.79. The van der Waals surface area contributed by atoms with Gasteiger partial charge in [0.25, 0.3) is 5.91 Å². The number of oxime groups is 1. The number of nitrogens with zero attached hydrogens (tertiary/aromatic N) is 4. The van der Waals surface area contributed by atoms with Gasteiger partial charge in [0.1, 0.15) is 11.3 Å². The quantitative estimate of drug-likeness (QED) is 0.261. The molecule has 3 aromatic rings. The van der Waals surface area contributed by atoms with E-state index in [1.54, 1.807) is 17.0 Å². The second kappa shape index (κ2) is 12.6. The van der Waals surface area contributed by atoms with Crippen LogP contribution in [0.3, 0.4) is 0 Å². The van der Waals surface area contributed by atoms with Crippen LogP contribution in [0.4, 0.5) is 13.2 Å². The van der Waals surface area contributed by atoms with E-state index in [1.165, 1.54) is 23.6 Å². The van der Waals surface area contributed by atoms with E-state index in [1.807, 2.05) is 5.38 Å². The van der Waals surface area contributed by atoms with Crippen LogP contribution in [0.15, 0.2) is 45.5 Å². The molecule has 1 atom stereocenters. The number of likely N-dealkylation sites (tertiary alicyclic amines) is 1. The fourth-order valence-corrected chi connectivity index (χ4v) is 6.79. The summed E-state index contributed by atoms with van der Waals surface area (Å²) in [6.07, 6.45) is -1.71. The molecule has 0 spiro atoms. The van der Waals surface area contributed by atoms with Crippen molar-refractivity contribution >= 4 is 60.6 Å². The highest BCUT2D eigenvalue weighted by Gasteiger charge is 2.36. The Kier molecular flexibility index (Phi) is 9.20. The van der Waals surface area contributed by atoms with E-state index in [0.29, 0.717) is 49.3 Å². The van der Waals surface area contributed by atoms with Crippen LogP contribution in [0.2, 0.25) is 5.02 Å². The molecule has 2 aliphatic heterocycles. The van der Waals surface area contributed by atoms with Gasteiger partial charge in [-0.05, 0) is 47.0 Å². The van der Waals surface area contributed by atoms with Crippen molar-refractivity contribution in [1.82, 2.24) is 14.9 Å². The molecule has 2 aliphatic rings. The lowest BCUT2D eigenvalue weighted by molar-refractivity contribution is -0.141. The summed E-state index contributed by atoms with van der Waals surface area (Å²) in [5.74, 6) is -0.941. The average Bonchev–Trinajstić information content (AvgIpc) is 3.61. The Bertz CT molecular complexity index is 1660. The Morgan fingerprint density at radius 3 is 2.72 bits per heavy atom. The zero-order chi connectivity index (χ0) is 30.9. The molecule has 0 aliphatic carbocycles. The molecule has 0 bridgehead atoms. The molecule has 0 radical (unpaired) electrons. The standard InChI is InChI=1S/C26H23BrClF3N4O6S2/c1-43(37,38)41-20-4-2-3-17(28)23(20)21-10-18(34-40-21)19-13-42-25(33-19)14-5-7-35(8-6-14)22(36)12-39-24-16(26(29,30)31)9-15(27)11-32-24/h2-4,9,11,13-14,21H,5-8,10,12H2,1H3. The lowest BCUT2D eigenvalue weighted by Crippen LogP contribution is -2.40. The normalized spacial score (nSPS) is 17.9. The van der Waals surface area contributed by atoms with Gasteiger partial charge in [-0.2, -0.15) is 21.6 Å². The molecule has 1 amide bonds. The number of hydrogen-bond donors (Lipinski definition) is 0. The van der Waals surface area contributed by atoms with Crippen LogP contribution < -0.4 is 8.92 Å². The Labute approximate surface area is 262 Å². The van der Waals surface area contributed by atoms with E-state index >= 15 is 0 Å². The Balaban J connectivity index is 1.16. The number of carbonyl (C=O) groups excluding carboxylic acids is 1. The SMILES string of the molecule is CS(=O)(=O)Oc1cccc(Cl)c1C1CC(c2csc(C3CCN(C(=O)COc4ncc(Br)cc4C(F)(F)F)CC3)n2)=NO1. The zero-order valence-corrected chi connectivity index (χ0v) is 26.3. The van der Waals surface area contributed by atoms with E-state index in [2.05, 4.69) is 26.1 Å². The summed E-state index contributed by atoms with van der Waals surface area (Å²) in [5.41, 5.74) is 0.498. The fraction of sp³-hybridized carbons (Fsp3) is 0.385. The number of thiazole rings is 1. The third-order valence-corrected chi connectivity index (χ3v) is 8.97. The van der Waals surface area contributed by atoms with Crippen LogP contribution in [0.25, 0.3) is 0 Å². The van der Waals surface area contributed by atoms with Crippen LogP contribution in [-0.4, -0.2) is 60.9 Å². The van der Waals surface area contributed by atoms with Gasteiger partial charge in [0.2, 0.25) is 5.88 Å². The molecule has 43 heavy (non-hydrogen) atoms. The highest BCUT2D eigenvalue weighted by atomic mass is 79.9. The first-order valence-corrected chi connectivity index (χ1v) is 16.6. The average molecular weight is 724 g/mol. The zero-order valence-electron chi connectivity index (χ0n) is 22.3. The first kappa shape index (κ1) is 31.5. The summed E-state index contributed by atoms with van der Waals surface area (Å²) >= 11 is 10.8. The number of carbonyl (C=O) groups is 1. The van der Waals surface area contributed by atoms with Gasteiger partial charge in [-0.15, -0.1) is 11.3 Å². The van der Waals surface area contributed by atoms with Crippen molar-refractivity contribution in [3.63, 3.8) is 0 Å². The van der Waals surface area contributed by atoms with Gasteiger partial charge in [-0.1, -0.05) is 22.8 Å². The molecule has 17 heteroatoms.